The average Bonchev–Trinajstić information content (AvgIpc) is 3.04. The first kappa shape index (κ1) is 14.1. The molecule has 0 saturated carbocycles. The Morgan fingerprint density at radius 3 is 2.71 bits per heavy atom. The largest absolute Gasteiger partial charge is 0.389 e. The number of aromatic nitrogens is 2. The van der Waals surface area contributed by atoms with E-state index in [1.54, 1.807) is 0 Å². The predicted octanol–water partition coefficient (Wildman–Crippen LogP) is 2.36. The Morgan fingerprint density at radius 2 is 2.05 bits per heavy atom. The summed E-state index contributed by atoms with van der Waals surface area (Å²) >= 11 is 5.21. The fraction of sp³-hybridized carbons (Fsp3) is 0.375. The number of anilines is 1. The first-order valence-electron chi connectivity index (χ1n) is 7.21. The maximum atomic E-state index is 5.89. The van der Waals surface area contributed by atoms with Crippen LogP contribution in [0.25, 0.3) is 0 Å². The Kier molecular flexibility index (Phi) is 3.68. The van der Waals surface area contributed by atoms with E-state index in [0.29, 0.717) is 10.9 Å². The quantitative estimate of drug-likeness (QED) is 0.884. The molecule has 1 fully saturated rings. The van der Waals surface area contributed by atoms with E-state index >= 15 is 0 Å². The monoisotopic (exact) mass is 300 g/mol. The molecule has 0 radical (unpaired) electrons. The van der Waals surface area contributed by atoms with Crippen molar-refractivity contribution >= 4 is 23.0 Å². The Labute approximate surface area is 130 Å². The minimum atomic E-state index is 0.429. The predicted molar refractivity (Wildman–Crippen MR) is 89.8 cm³/mol. The van der Waals surface area contributed by atoms with Gasteiger partial charge in [0, 0.05) is 26.1 Å². The summed E-state index contributed by atoms with van der Waals surface area (Å²) in [4.78, 5) is 2.78. The van der Waals surface area contributed by atoms with Crippen molar-refractivity contribution in [2.75, 3.05) is 18.0 Å². The zero-order chi connectivity index (χ0) is 15.0. The number of nitrogens with two attached hydrogens (primary N) is 1. The molecule has 1 aromatic carbocycles. The van der Waals surface area contributed by atoms with Crippen LogP contribution >= 0.6 is 12.2 Å². The number of rotatable bonds is 3. The Hall–Kier alpha value is -1.88. The topological polar surface area (TPSA) is 47.1 Å². The highest BCUT2D eigenvalue weighted by atomic mass is 32.1. The van der Waals surface area contributed by atoms with Gasteiger partial charge in [-0.3, -0.25) is 4.68 Å². The van der Waals surface area contributed by atoms with Gasteiger partial charge in [-0.2, -0.15) is 5.10 Å². The molecule has 3 rings (SSSR count). The molecule has 0 aliphatic carbocycles. The molecule has 4 nitrogen and oxygen atoms in total. The van der Waals surface area contributed by atoms with E-state index in [2.05, 4.69) is 40.3 Å². The number of thiocarbonyl (C=S) groups is 1. The number of aryl methyl sites for hydroxylation is 2. The van der Waals surface area contributed by atoms with Crippen LogP contribution in [0.5, 0.6) is 0 Å². The van der Waals surface area contributed by atoms with E-state index in [0.717, 1.165) is 36.6 Å². The van der Waals surface area contributed by atoms with Crippen LogP contribution < -0.4 is 10.6 Å². The first-order valence-corrected chi connectivity index (χ1v) is 7.62. The van der Waals surface area contributed by atoms with Crippen molar-refractivity contribution in [2.45, 2.75) is 19.3 Å². The van der Waals surface area contributed by atoms with Crippen molar-refractivity contribution in [1.82, 2.24) is 9.78 Å². The highest BCUT2D eigenvalue weighted by Crippen LogP contribution is 2.33. The molecule has 2 aromatic rings. The molecular formula is C16H20N4S. The lowest BCUT2D eigenvalue weighted by Crippen LogP contribution is -2.25. The summed E-state index contributed by atoms with van der Waals surface area (Å²) in [5.41, 5.74) is 9.12. The summed E-state index contributed by atoms with van der Waals surface area (Å²) in [6.45, 7) is 3.95. The molecule has 2 heterocycles. The lowest BCUT2D eigenvalue weighted by Gasteiger charge is -2.20. The third kappa shape index (κ3) is 2.53. The highest BCUT2D eigenvalue weighted by molar-refractivity contribution is 7.80. The van der Waals surface area contributed by atoms with Gasteiger partial charge in [-0.15, -0.1) is 0 Å². The fourth-order valence-corrected chi connectivity index (χ4v) is 3.49. The molecule has 2 N–H and O–H groups in total. The molecule has 1 aliphatic rings. The second-order valence-electron chi connectivity index (χ2n) is 5.61. The van der Waals surface area contributed by atoms with Crippen molar-refractivity contribution in [3.05, 3.63) is 47.2 Å². The van der Waals surface area contributed by atoms with Gasteiger partial charge >= 0.3 is 0 Å². The van der Waals surface area contributed by atoms with Crippen LogP contribution in [0.2, 0.25) is 0 Å². The maximum Gasteiger partial charge on any atom is 0.137 e. The number of nitrogens with zero attached hydrogens (tertiary/aromatic N) is 3. The lowest BCUT2D eigenvalue weighted by molar-refractivity contribution is 0.726. The van der Waals surface area contributed by atoms with Gasteiger partial charge in [-0.25, -0.2) is 0 Å². The molecule has 110 valence electrons. The summed E-state index contributed by atoms with van der Waals surface area (Å²) in [5, 5.41) is 4.48. The molecule has 0 bridgehead atoms. The number of hydrogen-bond donors (Lipinski definition) is 1. The molecular weight excluding hydrogens is 280 g/mol. The van der Waals surface area contributed by atoms with E-state index in [4.69, 9.17) is 18.0 Å². The minimum Gasteiger partial charge on any atom is -0.389 e. The Balaban J connectivity index is 1.89. The first-order chi connectivity index (χ1) is 10.1. The van der Waals surface area contributed by atoms with Crippen molar-refractivity contribution in [3.63, 3.8) is 0 Å². The van der Waals surface area contributed by atoms with Gasteiger partial charge in [0.25, 0.3) is 0 Å². The standard InChI is InChI=1S/C16H20N4S/c1-11-14(15(17)21)16(19(2)18-11)20-9-8-13(10-20)12-6-4-3-5-7-12/h3-7,13H,8-10H2,1-2H3,(H2,17,21). The normalized spacial score (nSPS) is 18.2. The zero-order valence-electron chi connectivity index (χ0n) is 12.4. The van der Waals surface area contributed by atoms with E-state index < -0.39 is 0 Å². The van der Waals surface area contributed by atoms with Gasteiger partial charge in [0.2, 0.25) is 0 Å². The average molecular weight is 300 g/mol. The van der Waals surface area contributed by atoms with Crippen LogP contribution in [0.1, 0.15) is 29.2 Å². The van der Waals surface area contributed by atoms with Gasteiger partial charge in [-0.1, -0.05) is 42.5 Å². The lowest BCUT2D eigenvalue weighted by atomic mass is 9.99. The molecule has 1 aliphatic heterocycles. The Morgan fingerprint density at radius 1 is 1.33 bits per heavy atom. The van der Waals surface area contributed by atoms with Gasteiger partial charge in [0.05, 0.1) is 11.3 Å². The van der Waals surface area contributed by atoms with E-state index in [9.17, 15) is 0 Å². The van der Waals surface area contributed by atoms with Gasteiger partial charge in [0.1, 0.15) is 10.8 Å². The zero-order valence-corrected chi connectivity index (χ0v) is 13.2. The van der Waals surface area contributed by atoms with Crippen LogP contribution in [0.3, 0.4) is 0 Å². The van der Waals surface area contributed by atoms with Gasteiger partial charge in [-0.05, 0) is 18.9 Å². The number of hydrogen-bond acceptors (Lipinski definition) is 3. The molecule has 1 atom stereocenters. The van der Waals surface area contributed by atoms with Crippen molar-refractivity contribution < 1.29 is 0 Å². The van der Waals surface area contributed by atoms with Crippen molar-refractivity contribution in [3.8, 4) is 0 Å². The molecule has 1 aromatic heterocycles. The van der Waals surface area contributed by atoms with Crippen LogP contribution in [-0.2, 0) is 7.05 Å². The molecule has 0 spiro atoms. The summed E-state index contributed by atoms with van der Waals surface area (Å²) in [6, 6.07) is 10.7. The second-order valence-corrected chi connectivity index (χ2v) is 6.05. The molecule has 21 heavy (non-hydrogen) atoms. The van der Waals surface area contributed by atoms with Gasteiger partial charge in [0.15, 0.2) is 0 Å². The molecule has 1 unspecified atom stereocenters. The summed E-state index contributed by atoms with van der Waals surface area (Å²) in [7, 11) is 1.96. The summed E-state index contributed by atoms with van der Waals surface area (Å²) in [5.74, 6) is 1.61. The summed E-state index contributed by atoms with van der Waals surface area (Å²) < 4.78 is 1.90. The van der Waals surface area contributed by atoms with E-state index in [1.807, 2.05) is 18.7 Å². The number of benzene rings is 1. The second kappa shape index (κ2) is 5.48. The van der Waals surface area contributed by atoms with Crippen molar-refractivity contribution in [2.24, 2.45) is 12.8 Å². The van der Waals surface area contributed by atoms with E-state index in [-0.39, 0.29) is 0 Å². The smallest absolute Gasteiger partial charge is 0.137 e. The molecule has 5 heteroatoms. The highest BCUT2D eigenvalue weighted by Gasteiger charge is 2.29. The fourth-order valence-electron chi connectivity index (χ4n) is 3.25. The van der Waals surface area contributed by atoms with Crippen LogP contribution in [-0.4, -0.2) is 27.9 Å². The SMILES string of the molecule is Cc1nn(C)c(N2CCC(c3ccccc3)C2)c1C(N)=S. The molecule has 1 saturated heterocycles. The van der Waals surface area contributed by atoms with Crippen LogP contribution in [0.15, 0.2) is 30.3 Å². The Bertz CT molecular complexity index is 662. The third-order valence-electron chi connectivity index (χ3n) is 4.20. The molecule has 0 amide bonds. The van der Waals surface area contributed by atoms with E-state index in [1.165, 1.54) is 5.56 Å². The van der Waals surface area contributed by atoms with Crippen molar-refractivity contribution in [1.29, 1.82) is 0 Å². The third-order valence-corrected chi connectivity index (χ3v) is 4.40. The van der Waals surface area contributed by atoms with Gasteiger partial charge < -0.3 is 10.6 Å². The summed E-state index contributed by atoms with van der Waals surface area (Å²) in [6.07, 6.45) is 1.14. The van der Waals surface area contributed by atoms with Crippen LogP contribution in [0.4, 0.5) is 5.82 Å². The minimum absolute atomic E-state index is 0.429. The van der Waals surface area contributed by atoms with Crippen LogP contribution in [0, 0.1) is 6.92 Å². The maximum absolute atomic E-state index is 5.89.